The fourth-order valence-corrected chi connectivity index (χ4v) is 6.32. The molecular formula is C43H82O6. The summed E-state index contributed by atoms with van der Waals surface area (Å²) in [6.07, 6.45) is 38.2. The summed E-state index contributed by atoms with van der Waals surface area (Å²) in [5.41, 5.74) is 0. The summed E-state index contributed by atoms with van der Waals surface area (Å²) in [5.74, 6) is -0.869. The molecule has 0 aliphatic carbocycles. The molecule has 0 saturated heterocycles. The minimum Gasteiger partial charge on any atom is -0.462 e. The fourth-order valence-electron chi connectivity index (χ4n) is 6.32. The Balaban J connectivity index is 4.21. The van der Waals surface area contributed by atoms with E-state index in [1.165, 1.54) is 135 Å². The number of esters is 3. The molecule has 49 heavy (non-hydrogen) atoms. The average Bonchev–Trinajstić information content (AvgIpc) is 3.09. The molecule has 0 aromatic carbocycles. The van der Waals surface area contributed by atoms with Crippen molar-refractivity contribution in [2.75, 3.05) is 13.2 Å². The Bertz CT molecular complexity index is 723. The van der Waals surface area contributed by atoms with Gasteiger partial charge in [-0.3, -0.25) is 14.4 Å². The molecule has 6 heteroatoms. The molecule has 0 rings (SSSR count). The van der Waals surface area contributed by atoms with Gasteiger partial charge in [-0.2, -0.15) is 0 Å². The van der Waals surface area contributed by atoms with Crippen LogP contribution in [-0.2, 0) is 28.6 Å². The second-order valence-corrected chi connectivity index (χ2v) is 14.6. The summed E-state index contributed by atoms with van der Waals surface area (Å²) in [6.45, 7) is 6.56. The van der Waals surface area contributed by atoms with Crippen LogP contribution in [0, 0.1) is 0 Å². The lowest BCUT2D eigenvalue weighted by Crippen LogP contribution is -2.30. The second kappa shape index (κ2) is 39.2. The van der Waals surface area contributed by atoms with Crippen LogP contribution in [0.2, 0.25) is 0 Å². The highest BCUT2D eigenvalue weighted by molar-refractivity contribution is 5.71. The zero-order valence-electron chi connectivity index (χ0n) is 33.0. The first-order valence-electron chi connectivity index (χ1n) is 21.5. The maximum Gasteiger partial charge on any atom is 0.306 e. The SMILES string of the molecule is CCCCCCCCCCCCCCCC(=O)OCC(COC(=O)CCCCCCC)OC(=O)CCCCCCCCCCCCCCC. The predicted octanol–water partition coefficient (Wildman–Crippen LogP) is 13.3. The number of rotatable bonds is 39. The zero-order valence-corrected chi connectivity index (χ0v) is 33.0. The minimum absolute atomic E-state index is 0.0641. The standard InChI is InChI=1S/C43H82O6/c1-4-7-10-13-15-17-19-21-23-25-27-30-33-36-42(45)48-39-40(38-47-41(44)35-32-29-12-9-6-3)49-43(46)37-34-31-28-26-24-22-20-18-16-14-11-8-5-2/h40H,4-39H2,1-3H3. The third kappa shape index (κ3) is 37.5. The van der Waals surface area contributed by atoms with E-state index < -0.39 is 6.10 Å². The molecule has 0 heterocycles. The lowest BCUT2D eigenvalue weighted by molar-refractivity contribution is -0.167. The summed E-state index contributed by atoms with van der Waals surface area (Å²) >= 11 is 0. The summed E-state index contributed by atoms with van der Waals surface area (Å²) in [7, 11) is 0. The normalized spacial score (nSPS) is 11.8. The van der Waals surface area contributed by atoms with Crippen LogP contribution >= 0.6 is 0 Å². The van der Waals surface area contributed by atoms with E-state index in [1.807, 2.05) is 0 Å². The quantitative estimate of drug-likeness (QED) is 0.0362. The van der Waals surface area contributed by atoms with Gasteiger partial charge in [0.1, 0.15) is 13.2 Å². The van der Waals surface area contributed by atoms with Crippen LogP contribution < -0.4 is 0 Å². The maximum atomic E-state index is 12.6. The number of hydrogen-bond acceptors (Lipinski definition) is 6. The third-order valence-corrected chi connectivity index (χ3v) is 9.61. The number of carbonyl (C=O) groups is 3. The minimum atomic E-state index is -0.755. The Labute approximate surface area is 304 Å². The van der Waals surface area contributed by atoms with E-state index in [2.05, 4.69) is 20.8 Å². The Morgan fingerprint density at radius 1 is 0.327 bits per heavy atom. The van der Waals surface area contributed by atoms with Crippen molar-refractivity contribution in [2.24, 2.45) is 0 Å². The highest BCUT2D eigenvalue weighted by Gasteiger charge is 2.19. The summed E-state index contributed by atoms with van der Waals surface area (Å²) in [6, 6.07) is 0. The second-order valence-electron chi connectivity index (χ2n) is 14.6. The van der Waals surface area contributed by atoms with E-state index in [9.17, 15) is 14.4 Å². The first-order valence-corrected chi connectivity index (χ1v) is 21.5. The number of carbonyl (C=O) groups excluding carboxylic acids is 3. The van der Waals surface area contributed by atoms with Crippen LogP contribution in [0.15, 0.2) is 0 Å². The summed E-state index contributed by atoms with van der Waals surface area (Å²) < 4.78 is 16.6. The zero-order chi connectivity index (χ0) is 35.9. The van der Waals surface area contributed by atoms with Crippen LogP contribution in [0.4, 0.5) is 0 Å². The van der Waals surface area contributed by atoms with Gasteiger partial charge in [-0.25, -0.2) is 0 Å². The molecule has 290 valence electrons. The van der Waals surface area contributed by atoms with Crippen molar-refractivity contribution in [3.05, 3.63) is 0 Å². The van der Waals surface area contributed by atoms with E-state index in [4.69, 9.17) is 14.2 Å². The lowest BCUT2D eigenvalue weighted by atomic mass is 10.0. The average molecular weight is 695 g/mol. The first kappa shape index (κ1) is 47.4. The number of unbranched alkanes of at least 4 members (excludes halogenated alkanes) is 28. The highest BCUT2D eigenvalue weighted by atomic mass is 16.6. The molecule has 0 aliphatic heterocycles. The van der Waals surface area contributed by atoms with Gasteiger partial charge in [0, 0.05) is 19.3 Å². The molecule has 0 aromatic rings. The lowest BCUT2D eigenvalue weighted by Gasteiger charge is -2.18. The van der Waals surface area contributed by atoms with Gasteiger partial charge in [-0.05, 0) is 19.3 Å². The van der Waals surface area contributed by atoms with E-state index in [0.29, 0.717) is 19.3 Å². The molecule has 0 aromatic heterocycles. The van der Waals surface area contributed by atoms with Gasteiger partial charge in [-0.15, -0.1) is 0 Å². The molecule has 0 spiro atoms. The molecule has 6 nitrogen and oxygen atoms in total. The predicted molar refractivity (Wildman–Crippen MR) is 206 cm³/mol. The Hall–Kier alpha value is -1.59. The van der Waals surface area contributed by atoms with Crippen LogP contribution in [-0.4, -0.2) is 37.2 Å². The Morgan fingerprint density at radius 3 is 0.816 bits per heavy atom. The number of hydrogen-bond donors (Lipinski definition) is 0. The van der Waals surface area contributed by atoms with E-state index in [1.54, 1.807) is 0 Å². The molecular weight excluding hydrogens is 612 g/mol. The van der Waals surface area contributed by atoms with Crippen molar-refractivity contribution < 1.29 is 28.6 Å². The van der Waals surface area contributed by atoms with Gasteiger partial charge in [-0.1, -0.05) is 201 Å². The van der Waals surface area contributed by atoms with Crippen molar-refractivity contribution in [3.63, 3.8) is 0 Å². The summed E-state index contributed by atoms with van der Waals surface area (Å²) in [4.78, 5) is 37.4. The molecule has 0 N–H and O–H groups in total. The van der Waals surface area contributed by atoms with Gasteiger partial charge >= 0.3 is 17.9 Å². The van der Waals surface area contributed by atoms with E-state index in [-0.39, 0.29) is 31.1 Å². The Kier molecular flexibility index (Phi) is 37.9. The monoisotopic (exact) mass is 695 g/mol. The topological polar surface area (TPSA) is 78.9 Å². The van der Waals surface area contributed by atoms with Gasteiger partial charge in [0.15, 0.2) is 6.10 Å². The smallest absolute Gasteiger partial charge is 0.306 e. The van der Waals surface area contributed by atoms with Crippen molar-refractivity contribution in [1.82, 2.24) is 0 Å². The number of ether oxygens (including phenoxy) is 3. The van der Waals surface area contributed by atoms with Crippen LogP contribution in [0.5, 0.6) is 0 Å². The summed E-state index contributed by atoms with van der Waals surface area (Å²) in [5, 5.41) is 0. The molecule has 1 atom stereocenters. The Morgan fingerprint density at radius 2 is 0.551 bits per heavy atom. The fraction of sp³-hybridized carbons (Fsp3) is 0.930. The van der Waals surface area contributed by atoms with Crippen LogP contribution in [0.3, 0.4) is 0 Å². The van der Waals surface area contributed by atoms with E-state index in [0.717, 1.165) is 64.2 Å². The van der Waals surface area contributed by atoms with Gasteiger partial charge in [0.05, 0.1) is 0 Å². The molecule has 0 fully saturated rings. The van der Waals surface area contributed by atoms with Gasteiger partial charge in [0.25, 0.3) is 0 Å². The largest absolute Gasteiger partial charge is 0.462 e. The van der Waals surface area contributed by atoms with E-state index >= 15 is 0 Å². The molecule has 0 saturated carbocycles. The van der Waals surface area contributed by atoms with Gasteiger partial charge < -0.3 is 14.2 Å². The maximum absolute atomic E-state index is 12.6. The van der Waals surface area contributed by atoms with Crippen LogP contribution in [0.1, 0.15) is 239 Å². The van der Waals surface area contributed by atoms with Crippen molar-refractivity contribution >= 4 is 17.9 Å². The molecule has 0 radical (unpaired) electrons. The highest BCUT2D eigenvalue weighted by Crippen LogP contribution is 2.15. The first-order chi connectivity index (χ1) is 24.0. The molecule has 0 amide bonds. The molecule has 1 unspecified atom stereocenters. The van der Waals surface area contributed by atoms with Crippen molar-refractivity contribution in [1.29, 1.82) is 0 Å². The van der Waals surface area contributed by atoms with Crippen LogP contribution in [0.25, 0.3) is 0 Å². The van der Waals surface area contributed by atoms with Crippen molar-refractivity contribution in [3.8, 4) is 0 Å². The van der Waals surface area contributed by atoms with Crippen molar-refractivity contribution in [2.45, 2.75) is 245 Å². The third-order valence-electron chi connectivity index (χ3n) is 9.61. The molecule has 0 aliphatic rings. The van der Waals surface area contributed by atoms with Gasteiger partial charge in [0.2, 0.25) is 0 Å². The molecule has 0 bridgehead atoms.